The Hall–Kier alpha value is -0.960. The molecule has 2 aliphatic carbocycles. The Kier molecular flexibility index (Phi) is 7.53. The van der Waals surface area contributed by atoms with Crippen molar-refractivity contribution in [3.05, 3.63) is 35.4 Å². The number of rotatable bonds is 7. The summed E-state index contributed by atoms with van der Waals surface area (Å²) in [5.41, 5.74) is 0.995. The first-order chi connectivity index (χ1) is 13.3. The Bertz CT molecular complexity index is 605. The van der Waals surface area contributed by atoms with Crippen LogP contribution >= 0.6 is 0 Å². The zero-order valence-electron chi connectivity index (χ0n) is 18.2. The predicted octanol–water partition coefficient (Wildman–Crippen LogP) is 6.92. The number of nitrogens with zero attached hydrogens (tertiary/aromatic N) is 1. The van der Waals surface area contributed by atoms with Crippen molar-refractivity contribution in [3.8, 4) is 0 Å². The Morgan fingerprint density at radius 2 is 1.39 bits per heavy atom. The van der Waals surface area contributed by atoms with Crippen molar-refractivity contribution in [3.63, 3.8) is 0 Å². The van der Waals surface area contributed by atoms with Crippen LogP contribution in [0.4, 0.5) is 8.78 Å². The fourth-order valence-corrected chi connectivity index (χ4v) is 5.66. The van der Waals surface area contributed by atoms with E-state index >= 15 is 0 Å². The minimum Gasteiger partial charge on any atom is -0.331 e. The Morgan fingerprint density at radius 3 is 1.96 bits per heavy atom. The van der Waals surface area contributed by atoms with Gasteiger partial charge in [-0.05, 0) is 92.7 Å². The number of unbranched alkanes of at least 4 members (excludes halogenated alkanes) is 1. The van der Waals surface area contributed by atoms with Crippen LogP contribution in [0.25, 0.3) is 0 Å². The molecular formula is C25H40F2N+. The molecule has 0 heterocycles. The van der Waals surface area contributed by atoms with E-state index in [4.69, 9.17) is 0 Å². The van der Waals surface area contributed by atoms with Crippen molar-refractivity contribution < 1.29 is 13.3 Å². The highest BCUT2D eigenvalue weighted by Gasteiger charge is 2.31. The van der Waals surface area contributed by atoms with E-state index in [0.29, 0.717) is 5.92 Å². The maximum atomic E-state index is 13.5. The van der Waals surface area contributed by atoms with Gasteiger partial charge in [0.2, 0.25) is 0 Å². The minimum atomic E-state index is -0.730. The van der Waals surface area contributed by atoms with Gasteiger partial charge in [0.1, 0.15) is 0 Å². The fourth-order valence-electron chi connectivity index (χ4n) is 5.66. The number of benzene rings is 1. The third-order valence-corrected chi connectivity index (χ3v) is 7.44. The molecule has 1 aromatic rings. The van der Waals surface area contributed by atoms with Gasteiger partial charge in [-0.25, -0.2) is 8.78 Å². The molecule has 0 saturated heterocycles. The molecule has 1 aromatic carbocycles. The van der Waals surface area contributed by atoms with Gasteiger partial charge in [-0.1, -0.05) is 25.3 Å². The summed E-state index contributed by atoms with van der Waals surface area (Å²) in [7, 11) is 6.85. The summed E-state index contributed by atoms with van der Waals surface area (Å²) in [4.78, 5) is 0. The lowest BCUT2D eigenvalue weighted by Gasteiger charge is -2.38. The normalized spacial score (nSPS) is 29.0. The molecule has 0 bridgehead atoms. The molecule has 0 aromatic heterocycles. The number of hydrogen-bond acceptors (Lipinski definition) is 0. The van der Waals surface area contributed by atoms with E-state index in [-0.39, 0.29) is 0 Å². The van der Waals surface area contributed by atoms with Gasteiger partial charge in [-0.3, -0.25) is 0 Å². The zero-order valence-corrected chi connectivity index (χ0v) is 18.2. The van der Waals surface area contributed by atoms with Gasteiger partial charge in [0.15, 0.2) is 11.6 Å². The van der Waals surface area contributed by atoms with Gasteiger partial charge >= 0.3 is 0 Å². The summed E-state index contributed by atoms with van der Waals surface area (Å²) in [6.45, 7) is 1.29. The quantitative estimate of drug-likeness (QED) is 0.349. The monoisotopic (exact) mass is 392 g/mol. The smallest absolute Gasteiger partial charge is 0.159 e. The maximum Gasteiger partial charge on any atom is 0.159 e. The molecule has 0 radical (unpaired) electrons. The summed E-state index contributed by atoms with van der Waals surface area (Å²) in [5, 5.41) is 0. The predicted molar refractivity (Wildman–Crippen MR) is 113 cm³/mol. The van der Waals surface area contributed by atoms with Crippen molar-refractivity contribution in [2.24, 2.45) is 17.8 Å². The lowest BCUT2D eigenvalue weighted by atomic mass is 9.68. The van der Waals surface area contributed by atoms with E-state index in [1.54, 1.807) is 6.07 Å². The lowest BCUT2D eigenvalue weighted by Crippen LogP contribution is -2.35. The molecule has 0 spiro atoms. The van der Waals surface area contributed by atoms with E-state index in [1.807, 2.05) is 0 Å². The van der Waals surface area contributed by atoms with Crippen LogP contribution in [0, 0.1) is 29.4 Å². The maximum absolute atomic E-state index is 13.5. The van der Waals surface area contributed by atoms with Crippen LogP contribution in [0.5, 0.6) is 0 Å². The molecule has 2 saturated carbocycles. The number of hydrogen-bond donors (Lipinski definition) is 0. The molecule has 0 unspecified atom stereocenters. The van der Waals surface area contributed by atoms with E-state index in [9.17, 15) is 8.78 Å². The lowest BCUT2D eigenvalue weighted by molar-refractivity contribution is -0.870. The summed E-state index contributed by atoms with van der Waals surface area (Å²) in [5.74, 6) is 1.73. The Morgan fingerprint density at radius 1 is 0.786 bits per heavy atom. The van der Waals surface area contributed by atoms with Gasteiger partial charge in [0.05, 0.1) is 27.7 Å². The Labute approximate surface area is 171 Å². The molecule has 28 heavy (non-hydrogen) atoms. The molecule has 2 aliphatic rings. The molecule has 158 valence electrons. The summed E-state index contributed by atoms with van der Waals surface area (Å²) in [6.07, 6.45) is 14.7. The van der Waals surface area contributed by atoms with Gasteiger partial charge in [-0.15, -0.1) is 0 Å². The molecule has 2 fully saturated rings. The first kappa shape index (κ1) is 21.7. The molecule has 3 rings (SSSR count). The van der Waals surface area contributed by atoms with Crippen LogP contribution in [0.1, 0.15) is 82.1 Å². The molecule has 3 heteroatoms. The SMILES string of the molecule is C[N+](C)(C)CCCCC1CCC(C2CCC(c3ccc(F)c(F)c3)CC2)CC1. The van der Waals surface area contributed by atoms with E-state index in [1.165, 1.54) is 76.5 Å². The van der Waals surface area contributed by atoms with E-state index in [2.05, 4.69) is 21.1 Å². The van der Waals surface area contributed by atoms with Crippen molar-refractivity contribution in [2.75, 3.05) is 27.7 Å². The van der Waals surface area contributed by atoms with Crippen molar-refractivity contribution in [1.29, 1.82) is 0 Å². The third-order valence-electron chi connectivity index (χ3n) is 7.44. The zero-order chi connectivity index (χ0) is 20.1. The second kappa shape index (κ2) is 9.69. The van der Waals surface area contributed by atoms with Crippen LogP contribution in [-0.2, 0) is 0 Å². The van der Waals surface area contributed by atoms with Crippen LogP contribution < -0.4 is 0 Å². The second-order valence-corrected chi connectivity index (χ2v) is 10.6. The van der Waals surface area contributed by atoms with Crippen molar-refractivity contribution in [2.45, 2.75) is 76.5 Å². The largest absolute Gasteiger partial charge is 0.331 e. The van der Waals surface area contributed by atoms with E-state index < -0.39 is 11.6 Å². The van der Waals surface area contributed by atoms with Gasteiger partial charge in [-0.2, -0.15) is 0 Å². The number of quaternary nitrogens is 1. The third kappa shape index (κ3) is 6.27. The topological polar surface area (TPSA) is 0 Å². The molecule has 0 aliphatic heterocycles. The highest BCUT2D eigenvalue weighted by atomic mass is 19.2. The summed E-state index contributed by atoms with van der Waals surface area (Å²) >= 11 is 0. The van der Waals surface area contributed by atoms with Crippen molar-refractivity contribution in [1.82, 2.24) is 0 Å². The highest BCUT2D eigenvalue weighted by molar-refractivity contribution is 5.22. The Balaban J connectivity index is 1.36. The fraction of sp³-hybridized carbons (Fsp3) is 0.760. The van der Waals surface area contributed by atoms with Gasteiger partial charge in [0, 0.05) is 0 Å². The highest BCUT2D eigenvalue weighted by Crippen LogP contribution is 2.44. The van der Waals surface area contributed by atoms with Crippen LogP contribution in [-0.4, -0.2) is 32.2 Å². The molecular weight excluding hydrogens is 352 g/mol. The average Bonchev–Trinajstić information content (AvgIpc) is 2.67. The molecule has 0 amide bonds. The van der Waals surface area contributed by atoms with Crippen LogP contribution in [0.15, 0.2) is 18.2 Å². The summed E-state index contributed by atoms with van der Waals surface area (Å²) < 4.78 is 27.8. The van der Waals surface area contributed by atoms with Crippen LogP contribution in [0.3, 0.4) is 0 Å². The van der Waals surface area contributed by atoms with Gasteiger partial charge < -0.3 is 4.48 Å². The summed E-state index contributed by atoms with van der Waals surface area (Å²) in [6, 6.07) is 4.50. The average molecular weight is 393 g/mol. The van der Waals surface area contributed by atoms with Gasteiger partial charge in [0.25, 0.3) is 0 Å². The molecule has 0 atom stereocenters. The standard InChI is InChI=1S/C25H40F2N/c1-28(2,3)17-5-4-6-19-7-9-20(10-8-19)21-11-13-22(14-12-21)23-15-16-24(26)25(27)18-23/h15-16,18-22H,4-14,17H2,1-3H3/q+1. The molecule has 0 N–H and O–H groups in total. The number of halogens is 2. The second-order valence-electron chi connectivity index (χ2n) is 10.6. The minimum absolute atomic E-state index is 0.420. The van der Waals surface area contributed by atoms with Crippen molar-refractivity contribution >= 4 is 0 Å². The van der Waals surface area contributed by atoms with E-state index in [0.717, 1.165) is 40.6 Å². The molecule has 1 nitrogen and oxygen atoms in total. The first-order valence-electron chi connectivity index (χ1n) is 11.6. The van der Waals surface area contributed by atoms with Crippen LogP contribution in [0.2, 0.25) is 0 Å². The first-order valence-corrected chi connectivity index (χ1v) is 11.6.